The van der Waals surface area contributed by atoms with Gasteiger partial charge in [0.05, 0.1) is 17.5 Å². The van der Waals surface area contributed by atoms with Crippen LogP contribution in [0.25, 0.3) is 11.4 Å². The van der Waals surface area contributed by atoms with Crippen LogP contribution < -0.4 is 0 Å². The van der Waals surface area contributed by atoms with E-state index in [2.05, 4.69) is 15.3 Å². The highest BCUT2D eigenvalue weighted by molar-refractivity contribution is 7.99. The molecule has 0 spiro atoms. The number of carboxylic acid groups (broad SMARTS) is 1. The lowest BCUT2D eigenvalue weighted by Crippen LogP contribution is -2.24. The summed E-state index contributed by atoms with van der Waals surface area (Å²) in [5, 5.41) is 22.1. The van der Waals surface area contributed by atoms with E-state index in [4.69, 9.17) is 5.11 Å². The van der Waals surface area contributed by atoms with Gasteiger partial charge in [-0.1, -0.05) is 11.8 Å². The molecule has 7 nitrogen and oxygen atoms in total. The molecule has 2 heterocycles. The lowest BCUT2D eigenvalue weighted by Gasteiger charge is -2.24. The summed E-state index contributed by atoms with van der Waals surface area (Å²) in [6, 6.07) is 0. The number of aromatic nitrogens is 5. The Labute approximate surface area is 127 Å². The van der Waals surface area contributed by atoms with Gasteiger partial charge in [-0.05, 0) is 27.7 Å². The molecule has 21 heavy (non-hydrogen) atoms. The molecule has 0 saturated heterocycles. The van der Waals surface area contributed by atoms with Crippen LogP contribution in [0.4, 0.5) is 0 Å². The van der Waals surface area contributed by atoms with Gasteiger partial charge in [-0.3, -0.25) is 14.0 Å². The molecule has 0 saturated carbocycles. The van der Waals surface area contributed by atoms with Crippen LogP contribution in [-0.4, -0.2) is 41.4 Å². The fourth-order valence-electron chi connectivity index (χ4n) is 1.99. The van der Waals surface area contributed by atoms with Crippen LogP contribution in [0.5, 0.6) is 0 Å². The van der Waals surface area contributed by atoms with Crippen molar-refractivity contribution in [3.63, 3.8) is 0 Å². The largest absolute Gasteiger partial charge is 0.481 e. The first-order chi connectivity index (χ1) is 9.71. The maximum absolute atomic E-state index is 10.8. The topological polar surface area (TPSA) is 85.8 Å². The Morgan fingerprint density at radius 1 is 1.38 bits per heavy atom. The maximum atomic E-state index is 10.8. The van der Waals surface area contributed by atoms with Crippen molar-refractivity contribution in [1.29, 1.82) is 0 Å². The molecule has 1 N–H and O–H groups in total. The Balaban J connectivity index is 2.52. The predicted molar refractivity (Wildman–Crippen MR) is 80.3 cm³/mol. The standard InChI is InChI=1S/C13H19N5O2S/c1-8-9(6-14-17(8)5)11-15-16-12(21-7-10(19)20)18(11)13(2,3)4/h6H,7H2,1-5H3,(H,19,20). The minimum atomic E-state index is -0.873. The van der Waals surface area contributed by atoms with Gasteiger partial charge in [-0.15, -0.1) is 10.2 Å². The third-order valence-electron chi connectivity index (χ3n) is 3.11. The molecule has 8 heteroatoms. The van der Waals surface area contributed by atoms with E-state index in [1.165, 1.54) is 11.8 Å². The van der Waals surface area contributed by atoms with Gasteiger partial charge in [0.2, 0.25) is 0 Å². The van der Waals surface area contributed by atoms with E-state index in [-0.39, 0.29) is 11.3 Å². The summed E-state index contributed by atoms with van der Waals surface area (Å²) in [5.74, 6) is -0.205. The number of hydrogen-bond donors (Lipinski definition) is 1. The minimum absolute atomic E-state index is 0.0414. The highest BCUT2D eigenvalue weighted by Gasteiger charge is 2.26. The van der Waals surface area contributed by atoms with Gasteiger partial charge in [0, 0.05) is 18.3 Å². The number of aliphatic carboxylic acids is 1. The third kappa shape index (κ3) is 3.10. The molecule has 0 atom stereocenters. The zero-order valence-corrected chi connectivity index (χ0v) is 13.6. The average molecular weight is 309 g/mol. The van der Waals surface area contributed by atoms with Crippen molar-refractivity contribution < 1.29 is 9.90 Å². The number of nitrogens with zero attached hydrogens (tertiary/aromatic N) is 5. The van der Waals surface area contributed by atoms with Crippen molar-refractivity contribution in [2.75, 3.05) is 5.75 Å². The highest BCUT2D eigenvalue weighted by atomic mass is 32.2. The maximum Gasteiger partial charge on any atom is 0.313 e. The minimum Gasteiger partial charge on any atom is -0.481 e. The van der Waals surface area contributed by atoms with Crippen molar-refractivity contribution in [3.8, 4) is 11.4 Å². The van der Waals surface area contributed by atoms with E-state index in [1.54, 1.807) is 10.9 Å². The Hall–Kier alpha value is -1.83. The van der Waals surface area contributed by atoms with Gasteiger partial charge < -0.3 is 5.11 Å². The van der Waals surface area contributed by atoms with Gasteiger partial charge in [-0.2, -0.15) is 5.10 Å². The first-order valence-electron chi connectivity index (χ1n) is 6.51. The van der Waals surface area contributed by atoms with Crippen molar-refractivity contribution in [2.45, 2.75) is 38.4 Å². The second-order valence-corrected chi connectivity index (χ2v) is 6.70. The first-order valence-corrected chi connectivity index (χ1v) is 7.50. The molecular weight excluding hydrogens is 290 g/mol. The molecule has 114 valence electrons. The van der Waals surface area contributed by atoms with Crippen LogP contribution in [0, 0.1) is 6.92 Å². The summed E-state index contributed by atoms with van der Waals surface area (Å²) < 4.78 is 3.74. The fraction of sp³-hybridized carbons (Fsp3) is 0.538. The van der Waals surface area contributed by atoms with Crippen LogP contribution in [0.15, 0.2) is 11.4 Å². The molecule has 0 aliphatic rings. The quantitative estimate of drug-likeness (QED) is 0.868. The smallest absolute Gasteiger partial charge is 0.313 e. The van der Waals surface area contributed by atoms with Crippen molar-refractivity contribution in [2.24, 2.45) is 7.05 Å². The Bertz CT molecular complexity index is 669. The summed E-state index contributed by atoms with van der Waals surface area (Å²) in [7, 11) is 1.87. The molecule has 2 aromatic heterocycles. The van der Waals surface area contributed by atoms with Crippen molar-refractivity contribution >= 4 is 17.7 Å². The van der Waals surface area contributed by atoms with E-state index in [1.807, 2.05) is 39.3 Å². The van der Waals surface area contributed by atoms with Gasteiger partial charge in [0.1, 0.15) is 0 Å². The van der Waals surface area contributed by atoms with Crippen molar-refractivity contribution in [3.05, 3.63) is 11.9 Å². The SMILES string of the molecule is Cc1c(-c2nnc(SCC(=O)O)n2C(C)(C)C)cnn1C. The summed E-state index contributed by atoms with van der Waals surface area (Å²) in [6.45, 7) is 8.08. The lowest BCUT2D eigenvalue weighted by molar-refractivity contribution is -0.133. The summed E-state index contributed by atoms with van der Waals surface area (Å²) in [5.41, 5.74) is 1.63. The van der Waals surface area contributed by atoms with E-state index in [0.717, 1.165) is 11.3 Å². The van der Waals surface area contributed by atoms with Crippen molar-refractivity contribution in [1.82, 2.24) is 24.5 Å². The molecule has 0 unspecified atom stereocenters. The number of carboxylic acids is 1. The molecule has 0 amide bonds. The van der Waals surface area contributed by atoms with Crippen LogP contribution in [0.3, 0.4) is 0 Å². The van der Waals surface area contributed by atoms with Gasteiger partial charge in [-0.25, -0.2) is 0 Å². The summed E-state index contributed by atoms with van der Waals surface area (Å²) >= 11 is 1.17. The van der Waals surface area contributed by atoms with Crippen LogP contribution in [0.2, 0.25) is 0 Å². The summed E-state index contributed by atoms with van der Waals surface area (Å²) in [6.07, 6.45) is 1.76. The predicted octanol–water partition coefficient (Wildman–Crippen LogP) is 1.92. The molecule has 0 radical (unpaired) electrons. The van der Waals surface area contributed by atoms with Crippen LogP contribution >= 0.6 is 11.8 Å². The van der Waals surface area contributed by atoms with Gasteiger partial charge >= 0.3 is 5.97 Å². The Morgan fingerprint density at radius 2 is 2.05 bits per heavy atom. The number of rotatable bonds is 4. The second kappa shape index (κ2) is 5.51. The van der Waals surface area contributed by atoms with E-state index in [0.29, 0.717) is 11.0 Å². The van der Waals surface area contributed by atoms with Gasteiger partial charge in [0.25, 0.3) is 0 Å². The number of carbonyl (C=O) groups is 1. The Kier molecular flexibility index (Phi) is 4.08. The first kappa shape index (κ1) is 15.6. The fourth-order valence-corrected chi connectivity index (χ4v) is 2.83. The molecular formula is C13H19N5O2S. The molecule has 0 aromatic carbocycles. The number of aryl methyl sites for hydroxylation is 1. The monoisotopic (exact) mass is 309 g/mol. The molecule has 2 aromatic rings. The third-order valence-corrected chi connectivity index (χ3v) is 4.02. The summed E-state index contributed by atoms with van der Waals surface area (Å²) in [4.78, 5) is 10.8. The average Bonchev–Trinajstić information content (AvgIpc) is 2.91. The zero-order valence-electron chi connectivity index (χ0n) is 12.8. The Morgan fingerprint density at radius 3 is 2.52 bits per heavy atom. The second-order valence-electron chi connectivity index (χ2n) is 5.76. The molecule has 0 aliphatic heterocycles. The van der Waals surface area contributed by atoms with Crippen LogP contribution in [0.1, 0.15) is 26.5 Å². The number of thioether (sulfide) groups is 1. The van der Waals surface area contributed by atoms with E-state index < -0.39 is 5.97 Å². The van der Waals surface area contributed by atoms with Crippen LogP contribution in [-0.2, 0) is 17.4 Å². The van der Waals surface area contributed by atoms with Gasteiger partial charge in [0.15, 0.2) is 11.0 Å². The zero-order chi connectivity index (χ0) is 15.8. The number of hydrogen-bond acceptors (Lipinski definition) is 5. The lowest BCUT2D eigenvalue weighted by atomic mass is 10.1. The normalized spacial score (nSPS) is 11.9. The molecule has 0 aliphatic carbocycles. The highest BCUT2D eigenvalue weighted by Crippen LogP contribution is 2.31. The van der Waals surface area contributed by atoms with E-state index in [9.17, 15) is 4.79 Å². The molecule has 0 bridgehead atoms. The molecule has 2 rings (SSSR count). The molecule has 0 fully saturated rings. The van der Waals surface area contributed by atoms with E-state index >= 15 is 0 Å².